The Hall–Kier alpha value is -3.54. The van der Waals surface area contributed by atoms with Gasteiger partial charge in [-0.1, -0.05) is 53.0 Å². The number of aliphatic imine (C=N–C) groups is 1. The van der Waals surface area contributed by atoms with Crippen LogP contribution in [0.25, 0.3) is 21.5 Å². The standard InChI is InChI=1S/C32H29N2O3/c1-17-12-18(2)21-10-11-22-26-29(37-28(22)23(21)13-17)27-24-14-19-8-6-7-9-20(19)15-25(24)30(3)31(4,32(30,35)36-5)34(27)16-33-26/h6-16,26,29,35H,1-5H3/q+1. The van der Waals surface area contributed by atoms with Gasteiger partial charge in [-0.2, -0.15) is 0 Å². The summed E-state index contributed by atoms with van der Waals surface area (Å²) in [5.41, 5.74) is 5.45. The number of aliphatic hydroxyl groups is 1. The molecule has 0 aromatic heterocycles. The molecule has 8 rings (SSSR count). The van der Waals surface area contributed by atoms with Gasteiger partial charge in [0.05, 0.1) is 0 Å². The molecule has 4 aromatic carbocycles. The molecule has 1 saturated carbocycles. The van der Waals surface area contributed by atoms with E-state index in [1.807, 2.05) is 6.34 Å². The average Bonchev–Trinajstić information content (AvgIpc) is 3.14. The lowest BCUT2D eigenvalue weighted by Gasteiger charge is -2.31. The molecule has 37 heavy (non-hydrogen) atoms. The number of methoxy groups -OCH3 is 1. The van der Waals surface area contributed by atoms with Crippen molar-refractivity contribution in [2.45, 2.75) is 56.6 Å². The van der Waals surface area contributed by atoms with E-state index in [0.29, 0.717) is 0 Å². The number of aryl methyl sites for hydroxylation is 2. The number of nitrogens with zero attached hydrogens (tertiary/aromatic N) is 2. The van der Waals surface area contributed by atoms with Gasteiger partial charge in [0.25, 0.3) is 6.34 Å². The highest BCUT2D eigenvalue weighted by molar-refractivity contribution is 6.10. The van der Waals surface area contributed by atoms with Gasteiger partial charge < -0.3 is 14.6 Å². The Kier molecular flexibility index (Phi) is 3.77. The molecule has 4 aromatic rings. The number of ether oxygens (including phenoxy) is 2. The highest BCUT2D eigenvalue weighted by Gasteiger charge is 2.91. The van der Waals surface area contributed by atoms with Crippen molar-refractivity contribution in [3.8, 4) is 5.75 Å². The van der Waals surface area contributed by atoms with Crippen LogP contribution in [0.5, 0.6) is 5.75 Å². The predicted octanol–water partition coefficient (Wildman–Crippen LogP) is 5.33. The van der Waals surface area contributed by atoms with Crippen LogP contribution in [0.2, 0.25) is 0 Å². The van der Waals surface area contributed by atoms with Crippen LogP contribution in [-0.2, 0) is 10.2 Å². The zero-order valence-corrected chi connectivity index (χ0v) is 21.7. The molecule has 4 aliphatic rings. The van der Waals surface area contributed by atoms with E-state index >= 15 is 0 Å². The molecule has 3 aliphatic heterocycles. The lowest BCUT2D eigenvalue weighted by atomic mass is 9.79. The Morgan fingerprint density at radius 3 is 2.49 bits per heavy atom. The fourth-order valence-corrected chi connectivity index (χ4v) is 7.79. The smallest absolute Gasteiger partial charge is 0.282 e. The van der Waals surface area contributed by atoms with Gasteiger partial charge >= 0.3 is 0 Å². The molecule has 0 bridgehead atoms. The Bertz CT molecular complexity index is 1790. The van der Waals surface area contributed by atoms with Gasteiger partial charge in [0.15, 0.2) is 11.3 Å². The number of rotatable bonds is 1. The molecular weight excluding hydrogens is 460 g/mol. The van der Waals surface area contributed by atoms with Crippen molar-refractivity contribution in [2.75, 3.05) is 7.11 Å². The van der Waals surface area contributed by atoms with Crippen LogP contribution in [-0.4, -0.2) is 46.3 Å². The summed E-state index contributed by atoms with van der Waals surface area (Å²) >= 11 is 0. The summed E-state index contributed by atoms with van der Waals surface area (Å²) in [5, 5.41) is 16.6. The Morgan fingerprint density at radius 2 is 1.73 bits per heavy atom. The highest BCUT2D eigenvalue weighted by atomic mass is 16.6. The minimum Gasteiger partial charge on any atom is -0.476 e. The van der Waals surface area contributed by atoms with Crippen molar-refractivity contribution in [1.82, 2.24) is 0 Å². The van der Waals surface area contributed by atoms with E-state index in [-0.39, 0.29) is 12.1 Å². The van der Waals surface area contributed by atoms with Crippen LogP contribution in [0.15, 0.2) is 65.7 Å². The summed E-state index contributed by atoms with van der Waals surface area (Å²) in [7, 11) is 1.60. The largest absolute Gasteiger partial charge is 0.476 e. The molecule has 0 spiro atoms. The lowest BCUT2D eigenvalue weighted by molar-refractivity contribution is -0.491. The van der Waals surface area contributed by atoms with E-state index in [4.69, 9.17) is 14.5 Å². The summed E-state index contributed by atoms with van der Waals surface area (Å²) in [6.07, 6.45) is 1.61. The van der Waals surface area contributed by atoms with E-state index in [1.54, 1.807) is 7.11 Å². The van der Waals surface area contributed by atoms with Crippen molar-refractivity contribution in [3.05, 3.63) is 88.5 Å². The van der Waals surface area contributed by atoms with Gasteiger partial charge in [0.1, 0.15) is 11.2 Å². The average molecular weight is 490 g/mol. The van der Waals surface area contributed by atoms with E-state index in [0.717, 1.165) is 44.3 Å². The molecule has 5 heteroatoms. The maximum atomic E-state index is 11.9. The van der Waals surface area contributed by atoms with E-state index < -0.39 is 16.7 Å². The minimum atomic E-state index is -1.37. The Morgan fingerprint density at radius 1 is 0.973 bits per heavy atom. The van der Waals surface area contributed by atoms with E-state index in [9.17, 15) is 5.11 Å². The number of fused-ring (bicyclic) bond motifs is 12. The van der Waals surface area contributed by atoms with Gasteiger partial charge in [-0.25, -0.2) is 4.58 Å². The summed E-state index contributed by atoms with van der Waals surface area (Å²) < 4.78 is 14.9. The lowest BCUT2D eigenvalue weighted by Crippen LogP contribution is -2.50. The molecule has 3 heterocycles. The first-order valence-corrected chi connectivity index (χ1v) is 13.0. The van der Waals surface area contributed by atoms with Gasteiger partial charge in [0, 0.05) is 23.6 Å². The second-order valence-electron chi connectivity index (χ2n) is 11.5. The van der Waals surface area contributed by atoms with E-state index in [2.05, 4.69) is 92.9 Å². The van der Waals surface area contributed by atoms with Crippen molar-refractivity contribution >= 4 is 33.6 Å². The number of hydrogen-bond donors (Lipinski definition) is 1. The molecule has 1 N–H and O–H groups in total. The first-order valence-electron chi connectivity index (χ1n) is 13.0. The summed E-state index contributed by atoms with van der Waals surface area (Å²) in [4.78, 5) is 5.05. The fourth-order valence-electron chi connectivity index (χ4n) is 7.79. The molecule has 184 valence electrons. The SMILES string of the molecule is COC1(O)C2(C)c3cc4ccccc4cc3C3=[N+](C=NC4c5ccc6c(C)cc(C)cc6c5OC34)C12C. The zero-order chi connectivity index (χ0) is 25.5. The van der Waals surface area contributed by atoms with Crippen molar-refractivity contribution in [2.24, 2.45) is 4.99 Å². The highest BCUT2D eigenvalue weighted by Crippen LogP contribution is 2.70. The first kappa shape index (κ1) is 21.5. The minimum absolute atomic E-state index is 0.145. The van der Waals surface area contributed by atoms with Gasteiger partial charge in [-0.3, -0.25) is 0 Å². The van der Waals surface area contributed by atoms with Crippen LogP contribution in [0.4, 0.5) is 0 Å². The van der Waals surface area contributed by atoms with Crippen molar-refractivity contribution in [1.29, 1.82) is 0 Å². The molecule has 5 unspecified atom stereocenters. The summed E-state index contributed by atoms with van der Waals surface area (Å²) in [6.45, 7) is 8.46. The third-order valence-electron chi connectivity index (χ3n) is 9.92. The topological polar surface area (TPSA) is 54.1 Å². The van der Waals surface area contributed by atoms with Crippen LogP contribution in [0, 0.1) is 13.8 Å². The molecule has 0 saturated heterocycles. The molecule has 5 atom stereocenters. The van der Waals surface area contributed by atoms with Gasteiger partial charge in [-0.05, 0) is 73.2 Å². The molecule has 1 aliphatic carbocycles. The number of benzene rings is 4. The maximum Gasteiger partial charge on any atom is 0.282 e. The molecule has 0 amide bonds. The fraction of sp³-hybridized carbons (Fsp3) is 0.312. The third kappa shape index (κ3) is 2.18. The predicted molar refractivity (Wildman–Crippen MR) is 145 cm³/mol. The second-order valence-corrected chi connectivity index (χ2v) is 11.5. The second kappa shape index (κ2) is 6.47. The Balaban J connectivity index is 1.41. The summed E-state index contributed by atoms with van der Waals surface area (Å²) in [5.74, 6) is -0.450. The van der Waals surface area contributed by atoms with Crippen LogP contribution < -0.4 is 4.74 Å². The monoisotopic (exact) mass is 489 g/mol. The molecule has 1 fully saturated rings. The quantitative estimate of drug-likeness (QED) is 0.290. The zero-order valence-electron chi connectivity index (χ0n) is 21.7. The maximum absolute atomic E-state index is 11.9. The molecule has 5 nitrogen and oxygen atoms in total. The van der Waals surface area contributed by atoms with Gasteiger partial charge in [-0.15, -0.1) is 0 Å². The first-order chi connectivity index (χ1) is 17.7. The number of hydrogen-bond acceptors (Lipinski definition) is 4. The van der Waals surface area contributed by atoms with Gasteiger partial charge in [0.2, 0.25) is 17.9 Å². The van der Waals surface area contributed by atoms with Crippen molar-refractivity contribution < 1.29 is 19.2 Å². The van der Waals surface area contributed by atoms with Crippen LogP contribution >= 0.6 is 0 Å². The van der Waals surface area contributed by atoms with Crippen LogP contribution in [0.3, 0.4) is 0 Å². The van der Waals surface area contributed by atoms with Crippen molar-refractivity contribution in [3.63, 3.8) is 0 Å². The molecular formula is C32H29N2O3+. The molecule has 0 radical (unpaired) electrons. The van der Waals surface area contributed by atoms with Crippen LogP contribution in [0.1, 0.15) is 47.7 Å². The summed E-state index contributed by atoms with van der Waals surface area (Å²) in [6, 6.07) is 21.5. The third-order valence-corrected chi connectivity index (χ3v) is 9.92. The van der Waals surface area contributed by atoms with E-state index in [1.165, 1.54) is 16.5 Å². The Labute approximate surface area is 215 Å². The normalized spacial score (nSPS) is 32.5.